The fourth-order valence-electron chi connectivity index (χ4n) is 6.17. The third kappa shape index (κ3) is 6.41. The van der Waals surface area contributed by atoms with Gasteiger partial charge in [0.1, 0.15) is 10.8 Å². The molecule has 230 valence electrons. The number of esters is 1. The van der Waals surface area contributed by atoms with Crippen molar-refractivity contribution in [3.05, 3.63) is 92.1 Å². The zero-order chi connectivity index (χ0) is 31.0. The first-order chi connectivity index (χ1) is 21.0. The Kier molecular flexibility index (Phi) is 8.30. The molecule has 4 aromatic rings. The van der Waals surface area contributed by atoms with Crippen molar-refractivity contribution in [3.63, 3.8) is 0 Å². The molecule has 0 bridgehead atoms. The summed E-state index contributed by atoms with van der Waals surface area (Å²) in [7, 11) is 0. The minimum atomic E-state index is -4.80. The first kappa shape index (κ1) is 30.0. The molecule has 1 saturated carbocycles. The van der Waals surface area contributed by atoms with Gasteiger partial charge >= 0.3 is 12.1 Å². The monoisotopic (exact) mass is 625 g/mol. The van der Waals surface area contributed by atoms with Crippen molar-refractivity contribution in [3.8, 4) is 0 Å². The fourth-order valence-corrected chi connectivity index (χ4v) is 7.36. The Bertz CT molecular complexity index is 1780. The van der Waals surface area contributed by atoms with Crippen LogP contribution in [0.5, 0.6) is 0 Å². The maximum absolute atomic E-state index is 13.3. The summed E-state index contributed by atoms with van der Waals surface area (Å²) in [5.74, 6) is 0.178. The Morgan fingerprint density at radius 2 is 1.66 bits per heavy atom. The van der Waals surface area contributed by atoms with Crippen LogP contribution < -0.4 is 10.3 Å². The number of hydrogen-bond donors (Lipinski definition) is 0. The molecule has 44 heavy (non-hydrogen) atoms. The molecule has 0 spiro atoms. The number of carbonyl (C=O) groups is 1. The van der Waals surface area contributed by atoms with Crippen molar-refractivity contribution in [1.82, 2.24) is 4.90 Å². The lowest BCUT2D eigenvalue weighted by Crippen LogP contribution is -2.48. The van der Waals surface area contributed by atoms with E-state index in [0.29, 0.717) is 41.7 Å². The number of halogens is 3. The maximum atomic E-state index is 13.3. The molecule has 1 aliphatic heterocycles. The number of nitrogens with zero attached hydrogens (tertiary/aromatic N) is 3. The van der Waals surface area contributed by atoms with Gasteiger partial charge in [0.15, 0.2) is 5.43 Å². The molecule has 2 aliphatic rings. The van der Waals surface area contributed by atoms with Crippen molar-refractivity contribution in [2.45, 2.75) is 38.0 Å². The number of fused-ring (bicyclic) bond motifs is 2. The van der Waals surface area contributed by atoms with Crippen LogP contribution in [0, 0.1) is 16.0 Å². The SMILES string of the molecule is O=C(OC1CCC(CN2CCN(c3cc(=O)c4cc(C(F)(F)F)cc([N+](=O)[O-])c4s3)CC2)CC1)c1ccc2ccccc2c1. The van der Waals surface area contributed by atoms with Crippen molar-refractivity contribution in [2.75, 3.05) is 37.6 Å². The van der Waals surface area contributed by atoms with Crippen LogP contribution in [-0.4, -0.2) is 54.6 Å². The van der Waals surface area contributed by atoms with Crippen molar-refractivity contribution in [2.24, 2.45) is 5.92 Å². The topological polar surface area (TPSA) is 93.0 Å². The molecule has 2 heterocycles. The first-order valence-corrected chi connectivity index (χ1v) is 15.4. The molecule has 1 saturated heterocycles. The van der Waals surface area contributed by atoms with Crippen LogP contribution in [-0.2, 0) is 10.9 Å². The van der Waals surface area contributed by atoms with Gasteiger partial charge in [-0.1, -0.05) is 30.3 Å². The predicted molar refractivity (Wildman–Crippen MR) is 164 cm³/mol. The third-order valence-electron chi connectivity index (χ3n) is 8.57. The van der Waals surface area contributed by atoms with Gasteiger partial charge in [0, 0.05) is 50.2 Å². The minimum Gasteiger partial charge on any atom is -0.459 e. The standard InChI is InChI=1S/C32H30F3N3O5S/c33-32(34,35)24-16-26-28(39)18-29(44-30(26)27(17-24)38(41)42)37-13-11-36(12-14-37)19-20-5-9-25(10-6-20)43-31(40)23-8-7-21-3-1-2-4-22(21)15-23/h1-4,7-8,15-18,20,25H,5-6,9-14,19H2. The molecular weight excluding hydrogens is 595 g/mol. The highest BCUT2D eigenvalue weighted by Crippen LogP contribution is 2.39. The van der Waals surface area contributed by atoms with E-state index in [1.807, 2.05) is 41.3 Å². The van der Waals surface area contributed by atoms with Gasteiger partial charge in [-0.15, -0.1) is 11.3 Å². The van der Waals surface area contributed by atoms with Crippen LogP contribution in [0.1, 0.15) is 41.6 Å². The summed E-state index contributed by atoms with van der Waals surface area (Å²) in [5.41, 5.74) is -2.03. The zero-order valence-corrected chi connectivity index (χ0v) is 24.5. The van der Waals surface area contributed by atoms with E-state index in [0.717, 1.165) is 67.4 Å². The molecule has 8 nitrogen and oxygen atoms in total. The number of anilines is 1. The summed E-state index contributed by atoms with van der Waals surface area (Å²) in [4.78, 5) is 40.6. The molecule has 0 amide bonds. The Balaban J connectivity index is 1.03. The van der Waals surface area contributed by atoms with Gasteiger partial charge < -0.3 is 9.64 Å². The summed E-state index contributed by atoms with van der Waals surface area (Å²) < 4.78 is 45.6. The predicted octanol–water partition coefficient (Wildman–Crippen LogP) is 6.88. The maximum Gasteiger partial charge on any atom is 0.416 e. The Hall–Kier alpha value is -4.03. The molecule has 0 unspecified atom stereocenters. The average Bonchev–Trinajstić information content (AvgIpc) is 3.01. The number of benzene rings is 3. The van der Waals surface area contributed by atoms with Crippen LogP contribution in [0.2, 0.25) is 0 Å². The number of rotatable bonds is 6. The second kappa shape index (κ2) is 12.2. The highest BCUT2D eigenvalue weighted by molar-refractivity contribution is 7.22. The summed E-state index contributed by atoms with van der Waals surface area (Å²) in [6, 6.07) is 16.0. The van der Waals surface area contributed by atoms with E-state index in [9.17, 15) is 32.9 Å². The number of ether oxygens (including phenoxy) is 1. The molecule has 6 rings (SSSR count). The van der Waals surface area contributed by atoms with Crippen LogP contribution in [0.25, 0.3) is 20.9 Å². The molecule has 2 fully saturated rings. The number of carbonyl (C=O) groups excluding carboxylic acids is 1. The minimum absolute atomic E-state index is 0.0500. The molecule has 0 radical (unpaired) electrons. The first-order valence-electron chi connectivity index (χ1n) is 14.6. The highest BCUT2D eigenvalue weighted by atomic mass is 32.1. The number of hydrogen-bond acceptors (Lipinski definition) is 8. The number of piperazine rings is 1. The fraction of sp³-hybridized carbons (Fsp3) is 0.375. The summed E-state index contributed by atoms with van der Waals surface area (Å²) >= 11 is 0.979. The summed E-state index contributed by atoms with van der Waals surface area (Å²) in [6.45, 7) is 3.54. The van der Waals surface area contributed by atoms with Gasteiger partial charge in [-0.25, -0.2) is 4.79 Å². The second-order valence-corrected chi connectivity index (χ2v) is 12.5. The lowest BCUT2D eigenvalue weighted by molar-refractivity contribution is -0.383. The van der Waals surface area contributed by atoms with Gasteiger partial charge in [0.2, 0.25) is 0 Å². The quantitative estimate of drug-likeness (QED) is 0.131. The summed E-state index contributed by atoms with van der Waals surface area (Å²) in [6.07, 6.45) is -1.38. The Morgan fingerprint density at radius 1 is 0.955 bits per heavy atom. The number of alkyl halides is 3. The van der Waals surface area contributed by atoms with E-state index in [4.69, 9.17) is 4.74 Å². The molecule has 1 aromatic heterocycles. The number of non-ortho nitro benzene ring substituents is 1. The van der Waals surface area contributed by atoms with Crippen LogP contribution in [0.4, 0.5) is 23.9 Å². The van der Waals surface area contributed by atoms with Crippen LogP contribution in [0.15, 0.2) is 65.5 Å². The molecule has 0 atom stereocenters. The van der Waals surface area contributed by atoms with Gasteiger partial charge in [-0.3, -0.25) is 19.8 Å². The van der Waals surface area contributed by atoms with E-state index in [1.54, 1.807) is 6.07 Å². The average molecular weight is 626 g/mol. The van der Waals surface area contributed by atoms with Crippen molar-refractivity contribution < 1.29 is 27.6 Å². The molecule has 12 heteroatoms. The van der Waals surface area contributed by atoms with Crippen molar-refractivity contribution in [1.29, 1.82) is 0 Å². The van der Waals surface area contributed by atoms with Gasteiger partial charge in [-0.2, -0.15) is 13.2 Å². The smallest absolute Gasteiger partial charge is 0.416 e. The molecule has 0 N–H and O–H groups in total. The van der Waals surface area contributed by atoms with E-state index < -0.39 is 27.8 Å². The lowest BCUT2D eigenvalue weighted by atomic mass is 9.87. The van der Waals surface area contributed by atoms with Gasteiger partial charge in [0.25, 0.3) is 5.69 Å². The molecule has 3 aromatic carbocycles. The van der Waals surface area contributed by atoms with E-state index in [-0.39, 0.29) is 22.2 Å². The normalized spacial score (nSPS) is 19.8. The number of nitro groups is 1. The second-order valence-electron chi connectivity index (χ2n) is 11.5. The van der Waals surface area contributed by atoms with Crippen LogP contribution >= 0.6 is 11.3 Å². The van der Waals surface area contributed by atoms with Gasteiger partial charge in [-0.05, 0) is 60.6 Å². The molecular formula is C32H30F3N3O5S. The summed E-state index contributed by atoms with van der Waals surface area (Å²) in [5, 5.41) is 13.9. The zero-order valence-electron chi connectivity index (χ0n) is 23.7. The van der Waals surface area contributed by atoms with Gasteiger partial charge in [0.05, 0.1) is 21.1 Å². The van der Waals surface area contributed by atoms with Crippen molar-refractivity contribution >= 4 is 48.9 Å². The van der Waals surface area contributed by atoms with E-state index >= 15 is 0 Å². The number of nitro benzene ring substituents is 1. The largest absolute Gasteiger partial charge is 0.459 e. The highest BCUT2D eigenvalue weighted by Gasteiger charge is 2.34. The van der Waals surface area contributed by atoms with Crippen LogP contribution in [0.3, 0.4) is 0 Å². The molecule has 1 aliphatic carbocycles. The van der Waals surface area contributed by atoms with E-state index in [2.05, 4.69) is 4.90 Å². The lowest BCUT2D eigenvalue weighted by Gasteiger charge is -2.38. The third-order valence-corrected chi connectivity index (χ3v) is 9.79. The Labute approximate surface area is 254 Å². The Morgan fingerprint density at radius 3 is 2.34 bits per heavy atom. The van der Waals surface area contributed by atoms with E-state index in [1.165, 1.54) is 6.07 Å².